The SMILES string of the molecule is COc1cc(/C=C(\C#N)C(=O)Nc2cccc(C(F)(F)F)c2)cc(Br)c1Oc1ccc([N+](=O)[O-])cc1[N+](=O)[O-]. The number of carbonyl (C=O) groups excluding carboxylic acids is 1. The zero-order valence-electron chi connectivity index (χ0n) is 19.5. The third-order valence-corrected chi connectivity index (χ3v) is 5.53. The van der Waals surface area contributed by atoms with Crippen LogP contribution in [-0.2, 0) is 11.0 Å². The van der Waals surface area contributed by atoms with Crippen LogP contribution in [0.25, 0.3) is 6.08 Å². The van der Waals surface area contributed by atoms with Gasteiger partial charge in [0.15, 0.2) is 11.5 Å². The van der Waals surface area contributed by atoms with Gasteiger partial charge in [0.25, 0.3) is 11.6 Å². The predicted molar refractivity (Wildman–Crippen MR) is 134 cm³/mol. The Morgan fingerprint density at radius 2 is 1.79 bits per heavy atom. The number of nitrogens with zero attached hydrogens (tertiary/aromatic N) is 3. The first-order valence-electron chi connectivity index (χ1n) is 10.4. The highest BCUT2D eigenvalue weighted by molar-refractivity contribution is 9.10. The number of halogens is 4. The van der Waals surface area contributed by atoms with Gasteiger partial charge >= 0.3 is 11.9 Å². The van der Waals surface area contributed by atoms with E-state index < -0.39 is 44.4 Å². The molecule has 0 bridgehead atoms. The Balaban J connectivity index is 1.93. The molecule has 0 spiro atoms. The number of nitrogens with one attached hydrogen (secondary N) is 1. The Morgan fingerprint density at radius 3 is 2.38 bits per heavy atom. The predicted octanol–water partition coefficient (Wildman–Crippen LogP) is 6.63. The molecule has 1 N–H and O–H groups in total. The average Bonchev–Trinajstić information content (AvgIpc) is 2.87. The first-order valence-corrected chi connectivity index (χ1v) is 11.2. The molecule has 0 aliphatic heterocycles. The van der Waals surface area contributed by atoms with Gasteiger partial charge in [-0.15, -0.1) is 0 Å². The van der Waals surface area contributed by atoms with Crippen LogP contribution in [0.4, 0.5) is 30.2 Å². The molecule has 0 fully saturated rings. The van der Waals surface area contributed by atoms with Gasteiger partial charge in [0.05, 0.1) is 33.1 Å². The summed E-state index contributed by atoms with van der Waals surface area (Å²) in [6.45, 7) is 0. The van der Waals surface area contributed by atoms with Crippen molar-refractivity contribution in [1.29, 1.82) is 5.26 Å². The third-order valence-electron chi connectivity index (χ3n) is 4.94. The lowest BCUT2D eigenvalue weighted by atomic mass is 10.1. The summed E-state index contributed by atoms with van der Waals surface area (Å²) in [5.41, 5.74) is -2.60. The molecule has 200 valence electrons. The van der Waals surface area contributed by atoms with Crippen LogP contribution in [0.3, 0.4) is 0 Å². The Labute approximate surface area is 225 Å². The molecule has 3 rings (SSSR count). The number of ether oxygens (including phenoxy) is 2. The average molecular weight is 607 g/mol. The molecule has 11 nitrogen and oxygen atoms in total. The van der Waals surface area contributed by atoms with Gasteiger partial charge in [-0.1, -0.05) is 6.07 Å². The maximum Gasteiger partial charge on any atom is 0.416 e. The fraction of sp³-hybridized carbons (Fsp3) is 0.0833. The number of alkyl halides is 3. The standard InChI is InChI=1S/C24H14BrF3N4O7/c1-38-21-9-13(7-14(12-29)23(33)30-16-4-2-3-15(10-16)24(26,27)28)8-18(25)22(21)39-20-6-5-17(31(34)35)11-19(20)32(36)37/h2-11H,1H3,(H,30,33)/b14-7+. The summed E-state index contributed by atoms with van der Waals surface area (Å²) in [5, 5.41) is 34.1. The quantitative estimate of drug-likeness (QED) is 0.129. The number of carbonyl (C=O) groups is 1. The van der Waals surface area contributed by atoms with E-state index in [0.29, 0.717) is 0 Å². The van der Waals surface area contributed by atoms with Crippen LogP contribution in [0.15, 0.2) is 64.6 Å². The van der Waals surface area contributed by atoms with Gasteiger partial charge in [0.1, 0.15) is 11.6 Å². The van der Waals surface area contributed by atoms with Crippen molar-refractivity contribution in [2.45, 2.75) is 6.18 Å². The van der Waals surface area contributed by atoms with Crippen molar-refractivity contribution in [3.8, 4) is 23.3 Å². The van der Waals surface area contributed by atoms with E-state index in [9.17, 15) is 43.5 Å². The van der Waals surface area contributed by atoms with E-state index in [1.165, 1.54) is 25.3 Å². The normalized spacial score (nSPS) is 11.3. The molecule has 0 aliphatic rings. The number of hydrogen-bond donors (Lipinski definition) is 1. The van der Waals surface area contributed by atoms with Gasteiger partial charge in [-0.05, 0) is 64.0 Å². The molecule has 0 aliphatic carbocycles. The molecule has 0 saturated carbocycles. The second kappa shape index (κ2) is 11.6. The minimum Gasteiger partial charge on any atom is -0.493 e. The number of methoxy groups -OCH3 is 1. The molecule has 0 heterocycles. The molecule has 39 heavy (non-hydrogen) atoms. The molecular formula is C24H14BrF3N4O7. The summed E-state index contributed by atoms with van der Waals surface area (Å²) in [6.07, 6.45) is -3.50. The van der Waals surface area contributed by atoms with Crippen molar-refractivity contribution in [1.82, 2.24) is 0 Å². The van der Waals surface area contributed by atoms with Crippen LogP contribution in [-0.4, -0.2) is 22.9 Å². The van der Waals surface area contributed by atoms with Gasteiger partial charge in [0, 0.05) is 11.8 Å². The number of non-ortho nitro benzene ring substituents is 1. The van der Waals surface area contributed by atoms with Crippen LogP contribution in [0, 0.1) is 31.6 Å². The van der Waals surface area contributed by atoms with Crippen molar-refractivity contribution in [3.05, 3.63) is 96.0 Å². The van der Waals surface area contributed by atoms with Gasteiger partial charge in [-0.3, -0.25) is 25.0 Å². The largest absolute Gasteiger partial charge is 0.493 e. The van der Waals surface area contributed by atoms with Gasteiger partial charge in [-0.25, -0.2) is 0 Å². The van der Waals surface area contributed by atoms with Crippen molar-refractivity contribution in [2.24, 2.45) is 0 Å². The monoisotopic (exact) mass is 606 g/mol. The summed E-state index contributed by atoms with van der Waals surface area (Å²) in [5.74, 6) is -1.36. The van der Waals surface area contributed by atoms with Gasteiger partial charge in [0.2, 0.25) is 5.75 Å². The minimum absolute atomic E-state index is 0.00106. The zero-order chi connectivity index (χ0) is 28.9. The Hall–Kier alpha value is -4.97. The van der Waals surface area contributed by atoms with Crippen molar-refractivity contribution in [3.63, 3.8) is 0 Å². The lowest BCUT2D eigenvalue weighted by molar-refractivity contribution is -0.394. The molecule has 0 saturated heterocycles. The van der Waals surface area contributed by atoms with Crippen LogP contribution >= 0.6 is 15.9 Å². The van der Waals surface area contributed by atoms with Crippen LogP contribution in [0.2, 0.25) is 0 Å². The summed E-state index contributed by atoms with van der Waals surface area (Å²) in [4.78, 5) is 33.3. The molecule has 3 aromatic carbocycles. The topological polar surface area (TPSA) is 158 Å². The number of anilines is 1. The Bertz CT molecular complexity index is 1550. The maximum atomic E-state index is 12.9. The smallest absolute Gasteiger partial charge is 0.416 e. The van der Waals surface area contributed by atoms with Crippen LogP contribution < -0.4 is 14.8 Å². The summed E-state index contributed by atoms with van der Waals surface area (Å²) in [7, 11) is 1.25. The van der Waals surface area contributed by atoms with E-state index in [0.717, 1.165) is 42.5 Å². The van der Waals surface area contributed by atoms with Crippen molar-refractivity contribution in [2.75, 3.05) is 12.4 Å². The van der Waals surface area contributed by atoms with Crippen molar-refractivity contribution >= 4 is 45.0 Å². The molecule has 1 amide bonds. The lowest BCUT2D eigenvalue weighted by Gasteiger charge is -2.13. The summed E-state index contributed by atoms with van der Waals surface area (Å²) in [6, 6.07) is 11.0. The second-order valence-electron chi connectivity index (χ2n) is 7.50. The van der Waals surface area contributed by atoms with E-state index in [1.54, 1.807) is 6.07 Å². The van der Waals surface area contributed by atoms with Crippen LogP contribution in [0.1, 0.15) is 11.1 Å². The molecule has 0 unspecified atom stereocenters. The van der Waals surface area contributed by atoms with Crippen LogP contribution in [0.5, 0.6) is 17.2 Å². The summed E-state index contributed by atoms with van der Waals surface area (Å²) >= 11 is 3.22. The van der Waals surface area contributed by atoms with E-state index in [2.05, 4.69) is 21.2 Å². The molecule has 0 aromatic heterocycles. The van der Waals surface area contributed by atoms with E-state index in [-0.39, 0.29) is 33.0 Å². The second-order valence-corrected chi connectivity index (χ2v) is 8.36. The van der Waals surface area contributed by atoms with E-state index >= 15 is 0 Å². The van der Waals surface area contributed by atoms with Crippen molar-refractivity contribution < 1.29 is 37.3 Å². The Kier molecular flexibility index (Phi) is 8.51. The number of nitro groups is 2. The number of amides is 1. The molecule has 15 heteroatoms. The number of rotatable bonds is 8. The maximum absolute atomic E-state index is 12.9. The molecule has 3 aromatic rings. The van der Waals surface area contributed by atoms with Gasteiger partial charge in [-0.2, -0.15) is 18.4 Å². The minimum atomic E-state index is -4.63. The molecule has 0 radical (unpaired) electrons. The Morgan fingerprint density at radius 1 is 1.08 bits per heavy atom. The summed E-state index contributed by atoms with van der Waals surface area (Å²) < 4.78 is 49.9. The zero-order valence-corrected chi connectivity index (χ0v) is 21.1. The van der Waals surface area contributed by atoms with E-state index in [4.69, 9.17) is 9.47 Å². The fourth-order valence-electron chi connectivity index (χ4n) is 3.17. The lowest BCUT2D eigenvalue weighted by Crippen LogP contribution is -2.14. The number of nitro benzene ring substituents is 2. The number of hydrogen-bond acceptors (Lipinski definition) is 8. The highest BCUT2D eigenvalue weighted by atomic mass is 79.9. The highest BCUT2D eigenvalue weighted by Crippen LogP contribution is 2.43. The number of benzene rings is 3. The number of nitriles is 1. The third kappa shape index (κ3) is 6.87. The first kappa shape index (κ1) is 28.6. The highest BCUT2D eigenvalue weighted by Gasteiger charge is 2.30. The van der Waals surface area contributed by atoms with Gasteiger partial charge < -0.3 is 14.8 Å². The first-order chi connectivity index (χ1) is 18.3. The van der Waals surface area contributed by atoms with E-state index in [1.807, 2.05) is 0 Å². The fourth-order valence-corrected chi connectivity index (χ4v) is 3.71. The molecule has 0 atom stereocenters. The molecular weight excluding hydrogens is 593 g/mol.